The molecule has 0 aromatic carbocycles. The lowest BCUT2D eigenvalue weighted by Crippen LogP contribution is -2.46. The zero-order chi connectivity index (χ0) is 12.4. The smallest absolute Gasteiger partial charge is 0.213 e. The van der Waals surface area contributed by atoms with Crippen molar-refractivity contribution in [2.75, 3.05) is 19.3 Å². The van der Waals surface area contributed by atoms with E-state index in [0.29, 0.717) is 18.8 Å². The molecule has 0 spiro atoms. The molecule has 1 aliphatic carbocycles. The highest BCUT2D eigenvalue weighted by Crippen LogP contribution is 2.32. The highest BCUT2D eigenvalue weighted by Gasteiger charge is 2.35. The van der Waals surface area contributed by atoms with Crippen molar-refractivity contribution in [3.05, 3.63) is 0 Å². The highest BCUT2D eigenvalue weighted by atomic mass is 32.2. The molecule has 0 aliphatic heterocycles. The van der Waals surface area contributed by atoms with E-state index in [-0.39, 0.29) is 12.3 Å². The van der Waals surface area contributed by atoms with Crippen LogP contribution >= 0.6 is 0 Å². The van der Waals surface area contributed by atoms with E-state index in [1.165, 1.54) is 4.31 Å². The molecule has 0 saturated heterocycles. The summed E-state index contributed by atoms with van der Waals surface area (Å²) in [5.74, 6) is 0.740. The quantitative estimate of drug-likeness (QED) is 0.814. The lowest BCUT2D eigenvalue weighted by Gasteiger charge is -2.37. The second-order valence-electron chi connectivity index (χ2n) is 5.06. The molecule has 1 saturated carbocycles. The van der Waals surface area contributed by atoms with Crippen molar-refractivity contribution < 1.29 is 13.5 Å². The maximum Gasteiger partial charge on any atom is 0.213 e. The van der Waals surface area contributed by atoms with Crippen LogP contribution in [0, 0.1) is 5.92 Å². The van der Waals surface area contributed by atoms with Crippen molar-refractivity contribution >= 4 is 10.0 Å². The maximum absolute atomic E-state index is 11.6. The first-order valence-electron chi connectivity index (χ1n) is 5.95. The van der Waals surface area contributed by atoms with E-state index in [1.807, 2.05) is 0 Å². The first-order valence-corrected chi connectivity index (χ1v) is 7.56. The summed E-state index contributed by atoms with van der Waals surface area (Å²) in [4.78, 5) is 0. The van der Waals surface area contributed by atoms with Gasteiger partial charge < -0.3 is 5.11 Å². The van der Waals surface area contributed by atoms with Crippen molar-refractivity contribution in [2.24, 2.45) is 5.92 Å². The molecule has 1 fully saturated rings. The molecule has 0 unspecified atom stereocenters. The topological polar surface area (TPSA) is 57.6 Å². The molecular weight excluding hydrogens is 226 g/mol. The van der Waals surface area contributed by atoms with Crippen LogP contribution in [0.15, 0.2) is 0 Å². The van der Waals surface area contributed by atoms with Crippen molar-refractivity contribution in [1.82, 2.24) is 4.31 Å². The summed E-state index contributed by atoms with van der Waals surface area (Å²) in [6.07, 6.45) is 3.38. The summed E-state index contributed by atoms with van der Waals surface area (Å²) in [5.41, 5.74) is -0.816. The van der Waals surface area contributed by atoms with Gasteiger partial charge in [0, 0.05) is 13.6 Å². The van der Waals surface area contributed by atoms with Gasteiger partial charge in [0.1, 0.15) is 0 Å². The SMILES string of the molecule is CCS(=O)(=O)N(C)CC1(O)CCC(C)CC1. The average molecular weight is 249 g/mol. The third kappa shape index (κ3) is 3.43. The second kappa shape index (κ2) is 5.02. The Balaban J connectivity index is 2.60. The van der Waals surface area contributed by atoms with Gasteiger partial charge in [-0.15, -0.1) is 0 Å². The van der Waals surface area contributed by atoms with Crippen LogP contribution in [0.4, 0.5) is 0 Å². The monoisotopic (exact) mass is 249 g/mol. The Morgan fingerprint density at radius 1 is 1.38 bits per heavy atom. The van der Waals surface area contributed by atoms with Gasteiger partial charge in [-0.3, -0.25) is 0 Å². The molecule has 4 nitrogen and oxygen atoms in total. The van der Waals surface area contributed by atoms with Crippen LogP contribution in [-0.4, -0.2) is 42.8 Å². The molecule has 5 heteroatoms. The Kier molecular flexibility index (Phi) is 4.37. The third-order valence-electron chi connectivity index (χ3n) is 3.56. The Labute approximate surface area is 98.7 Å². The molecule has 16 heavy (non-hydrogen) atoms. The maximum atomic E-state index is 11.6. The van der Waals surface area contributed by atoms with Crippen LogP contribution < -0.4 is 0 Å². The summed E-state index contributed by atoms with van der Waals surface area (Å²) in [6.45, 7) is 4.03. The van der Waals surface area contributed by atoms with Crippen molar-refractivity contribution in [1.29, 1.82) is 0 Å². The number of hydrogen-bond donors (Lipinski definition) is 1. The van der Waals surface area contributed by atoms with Gasteiger partial charge in [0.15, 0.2) is 0 Å². The van der Waals surface area contributed by atoms with Crippen LogP contribution in [0.2, 0.25) is 0 Å². The largest absolute Gasteiger partial charge is 0.389 e. The van der Waals surface area contributed by atoms with Gasteiger partial charge in [0.25, 0.3) is 0 Å². The predicted molar refractivity (Wildman–Crippen MR) is 64.7 cm³/mol. The minimum absolute atomic E-state index is 0.0932. The second-order valence-corrected chi connectivity index (χ2v) is 7.43. The molecule has 1 N–H and O–H groups in total. The lowest BCUT2D eigenvalue weighted by atomic mass is 9.79. The fourth-order valence-corrected chi connectivity index (χ4v) is 3.07. The molecule has 1 aliphatic rings. The minimum atomic E-state index is -3.18. The number of nitrogens with zero attached hydrogens (tertiary/aromatic N) is 1. The molecule has 0 radical (unpaired) electrons. The fraction of sp³-hybridized carbons (Fsp3) is 1.00. The van der Waals surface area contributed by atoms with Gasteiger partial charge in [0.05, 0.1) is 11.4 Å². The van der Waals surface area contributed by atoms with Crippen LogP contribution in [0.1, 0.15) is 39.5 Å². The van der Waals surface area contributed by atoms with Gasteiger partial charge in [-0.2, -0.15) is 0 Å². The van der Waals surface area contributed by atoms with Gasteiger partial charge in [-0.1, -0.05) is 6.92 Å². The van der Waals surface area contributed by atoms with E-state index in [9.17, 15) is 13.5 Å². The summed E-state index contributed by atoms with van der Waals surface area (Å²) in [5, 5.41) is 10.3. The van der Waals surface area contributed by atoms with Crippen molar-refractivity contribution in [2.45, 2.75) is 45.1 Å². The first-order chi connectivity index (χ1) is 7.29. The predicted octanol–water partition coefficient (Wildman–Crippen LogP) is 1.21. The van der Waals surface area contributed by atoms with E-state index in [2.05, 4.69) is 6.92 Å². The standard InChI is InChI=1S/C11H23NO3S/c1-4-16(14,15)12(3)9-11(13)7-5-10(2)6-8-11/h10,13H,4-9H2,1-3H3. The van der Waals surface area contributed by atoms with E-state index < -0.39 is 15.6 Å². The first kappa shape index (κ1) is 13.9. The summed E-state index contributed by atoms with van der Waals surface area (Å²) < 4.78 is 24.5. The Morgan fingerprint density at radius 2 is 1.88 bits per heavy atom. The number of rotatable bonds is 4. The van der Waals surface area contributed by atoms with E-state index in [4.69, 9.17) is 0 Å². The molecule has 1 rings (SSSR count). The van der Waals surface area contributed by atoms with Gasteiger partial charge in [-0.25, -0.2) is 12.7 Å². The number of hydrogen-bond acceptors (Lipinski definition) is 3. The van der Waals surface area contributed by atoms with Gasteiger partial charge >= 0.3 is 0 Å². The number of likely N-dealkylation sites (N-methyl/N-ethyl adjacent to an activating group) is 1. The van der Waals surface area contributed by atoms with Crippen LogP contribution in [0.3, 0.4) is 0 Å². The van der Waals surface area contributed by atoms with Gasteiger partial charge in [0.2, 0.25) is 10.0 Å². The molecule has 0 atom stereocenters. The lowest BCUT2D eigenvalue weighted by molar-refractivity contribution is -0.0174. The number of aliphatic hydroxyl groups is 1. The van der Waals surface area contributed by atoms with Crippen LogP contribution in [-0.2, 0) is 10.0 Å². The van der Waals surface area contributed by atoms with Gasteiger partial charge in [-0.05, 0) is 38.5 Å². The molecule has 0 heterocycles. The zero-order valence-electron chi connectivity index (χ0n) is 10.4. The van der Waals surface area contributed by atoms with Crippen molar-refractivity contribution in [3.63, 3.8) is 0 Å². The van der Waals surface area contributed by atoms with Crippen LogP contribution in [0.25, 0.3) is 0 Å². The summed E-state index contributed by atoms with van der Waals surface area (Å²) in [7, 11) is -1.63. The van der Waals surface area contributed by atoms with E-state index in [0.717, 1.165) is 12.8 Å². The van der Waals surface area contributed by atoms with Crippen LogP contribution in [0.5, 0.6) is 0 Å². The average Bonchev–Trinajstić information content (AvgIpc) is 2.23. The Morgan fingerprint density at radius 3 is 2.31 bits per heavy atom. The number of sulfonamides is 1. The molecule has 0 aromatic rings. The fourth-order valence-electron chi connectivity index (χ4n) is 2.19. The minimum Gasteiger partial charge on any atom is -0.389 e. The normalized spacial score (nSPS) is 31.9. The Hall–Kier alpha value is -0.130. The molecule has 96 valence electrons. The summed E-state index contributed by atoms with van der Waals surface area (Å²) >= 11 is 0. The molecule has 0 aromatic heterocycles. The summed E-state index contributed by atoms with van der Waals surface area (Å²) in [6, 6.07) is 0. The Bertz CT molecular complexity index is 318. The highest BCUT2D eigenvalue weighted by molar-refractivity contribution is 7.89. The van der Waals surface area contributed by atoms with Crippen molar-refractivity contribution in [3.8, 4) is 0 Å². The molecular formula is C11H23NO3S. The molecule has 0 bridgehead atoms. The zero-order valence-corrected chi connectivity index (χ0v) is 11.3. The third-order valence-corrected chi connectivity index (χ3v) is 5.37. The van der Waals surface area contributed by atoms with E-state index in [1.54, 1.807) is 14.0 Å². The molecule has 0 amide bonds. The van der Waals surface area contributed by atoms with E-state index >= 15 is 0 Å².